The van der Waals surface area contributed by atoms with E-state index >= 15 is 0 Å². The van der Waals surface area contributed by atoms with Gasteiger partial charge in [0.1, 0.15) is 11.8 Å². The third-order valence-electron chi connectivity index (χ3n) is 4.13. The van der Waals surface area contributed by atoms with Crippen molar-refractivity contribution >= 4 is 27.5 Å². The first-order valence-electron chi connectivity index (χ1n) is 7.33. The van der Waals surface area contributed by atoms with E-state index in [2.05, 4.69) is 4.74 Å². The molecule has 0 N–H and O–H groups in total. The first-order chi connectivity index (χ1) is 10.2. The van der Waals surface area contributed by atoms with Gasteiger partial charge in [0, 0.05) is 6.54 Å². The molecule has 0 aromatic carbocycles. The van der Waals surface area contributed by atoms with Crippen LogP contribution in [0.3, 0.4) is 0 Å². The molecular formula is C14H21NO6S. The summed E-state index contributed by atoms with van der Waals surface area (Å²) >= 11 is 0. The number of likely N-dealkylation sites (tertiary alicyclic amines) is 1. The van der Waals surface area contributed by atoms with Gasteiger partial charge in [-0.3, -0.25) is 9.59 Å². The standard InChI is InChI=1S/C14H21NO6S/c1-9(16)5-13(17)15-7-11(6-12(15)14(18)21-2)22(19,20)8-10-3-4-10/h10-12H,3-8H2,1-2H3/t11-,12?/m1/s1. The molecule has 1 aliphatic heterocycles. The summed E-state index contributed by atoms with van der Waals surface area (Å²) in [6, 6.07) is -0.921. The van der Waals surface area contributed by atoms with Gasteiger partial charge in [-0.05, 0) is 32.1 Å². The molecule has 2 fully saturated rings. The maximum absolute atomic E-state index is 12.4. The normalized spacial score (nSPS) is 25.1. The summed E-state index contributed by atoms with van der Waals surface area (Å²) in [7, 11) is -2.16. The lowest BCUT2D eigenvalue weighted by molar-refractivity contribution is -0.151. The van der Waals surface area contributed by atoms with Gasteiger partial charge in [-0.1, -0.05) is 0 Å². The van der Waals surface area contributed by atoms with Crippen LogP contribution in [0.5, 0.6) is 0 Å². The summed E-state index contributed by atoms with van der Waals surface area (Å²) in [6.45, 7) is 1.24. The Labute approximate surface area is 129 Å². The molecule has 2 atom stereocenters. The number of hydrogen-bond donors (Lipinski definition) is 0. The summed E-state index contributed by atoms with van der Waals surface area (Å²) in [5, 5.41) is -0.756. The number of sulfone groups is 1. The molecular weight excluding hydrogens is 310 g/mol. The van der Waals surface area contributed by atoms with E-state index in [0.29, 0.717) is 0 Å². The third kappa shape index (κ3) is 3.85. The number of nitrogens with zero attached hydrogens (tertiary/aromatic N) is 1. The van der Waals surface area contributed by atoms with Crippen LogP contribution in [-0.4, -0.2) is 61.7 Å². The Morgan fingerprint density at radius 1 is 1.23 bits per heavy atom. The molecule has 7 nitrogen and oxygen atoms in total. The van der Waals surface area contributed by atoms with E-state index in [9.17, 15) is 22.8 Å². The molecule has 1 unspecified atom stereocenters. The highest BCUT2D eigenvalue weighted by molar-refractivity contribution is 7.92. The second kappa shape index (κ2) is 6.36. The second-order valence-corrected chi connectivity index (χ2v) is 8.42. The lowest BCUT2D eigenvalue weighted by Crippen LogP contribution is -2.42. The first-order valence-corrected chi connectivity index (χ1v) is 9.04. The fourth-order valence-corrected chi connectivity index (χ4v) is 4.88. The van der Waals surface area contributed by atoms with Crippen molar-refractivity contribution in [2.24, 2.45) is 5.92 Å². The summed E-state index contributed by atoms with van der Waals surface area (Å²) in [6.07, 6.45) is 1.55. The Kier molecular flexibility index (Phi) is 4.89. The van der Waals surface area contributed by atoms with Crippen LogP contribution in [-0.2, 0) is 29.0 Å². The molecule has 1 heterocycles. The number of ketones is 1. The van der Waals surface area contributed by atoms with Crippen LogP contribution >= 0.6 is 0 Å². The molecule has 124 valence electrons. The van der Waals surface area contributed by atoms with E-state index in [1.165, 1.54) is 18.9 Å². The minimum absolute atomic E-state index is 0.0407. The van der Waals surface area contributed by atoms with Crippen LogP contribution in [0.4, 0.5) is 0 Å². The van der Waals surface area contributed by atoms with E-state index in [0.717, 1.165) is 12.8 Å². The average Bonchev–Trinajstić information content (AvgIpc) is 3.09. The van der Waals surface area contributed by atoms with Gasteiger partial charge in [0.05, 0.1) is 24.5 Å². The van der Waals surface area contributed by atoms with E-state index in [1.807, 2.05) is 0 Å². The van der Waals surface area contributed by atoms with Crippen molar-refractivity contribution < 1.29 is 27.5 Å². The molecule has 0 aromatic heterocycles. The molecule has 1 aliphatic carbocycles. The highest BCUT2D eigenvalue weighted by atomic mass is 32.2. The zero-order valence-corrected chi connectivity index (χ0v) is 13.6. The molecule has 1 saturated carbocycles. The van der Waals surface area contributed by atoms with Crippen LogP contribution in [0.15, 0.2) is 0 Å². The number of rotatable bonds is 6. The van der Waals surface area contributed by atoms with Gasteiger partial charge in [0.25, 0.3) is 0 Å². The van der Waals surface area contributed by atoms with Crippen LogP contribution in [0.25, 0.3) is 0 Å². The zero-order valence-electron chi connectivity index (χ0n) is 12.8. The number of carbonyl (C=O) groups is 3. The van der Waals surface area contributed by atoms with Gasteiger partial charge in [-0.25, -0.2) is 13.2 Å². The number of esters is 1. The fourth-order valence-electron chi connectivity index (χ4n) is 2.76. The highest BCUT2D eigenvalue weighted by Gasteiger charge is 2.46. The number of Topliss-reactive ketones (excluding diaryl/α,β-unsaturated/α-hetero) is 1. The first kappa shape index (κ1) is 16.9. The van der Waals surface area contributed by atoms with Crippen molar-refractivity contribution in [2.45, 2.75) is 43.9 Å². The Bertz CT molecular complexity index is 580. The van der Waals surface area contributed by atoms with Crippen LogP contribution in [0, 0.1) is 5.92 Å². The molecule has 0 bridgehead atoms. The van der Waals surface area contributed by atoms with Gasteiger partial charge in [0.15, 0.2) is 9.84 Å². The smallest absolute Gasteiger partial charge is 0.328 e. The fraction of sp³-hybridized carbons (Fsp3) is 0.786. The zero-order chi connectivity index (χ0) is 16.5. The number of hydrogen-bond acceptors (Lipinski definition) is 6. The van der Waals surface area contributed by atoms with Gasteiger partial charge in [-0.2, -0.15) is 0 Å². The monoisotopic (exact) mass is 331 g/mol. The molecule has 8 heteroatoms. The number of methoxy groups -OCH3 is 1. The maximum Gasteiger partial charge on any atom is 0.328 e. The maximum atomic E-state index is 12.4. The average molecular weight is 331 g/mol. The topological polar surface area (TPSA) is 97.8 Å². The molecule has 2 rings (SSSR count). The molecule has 1 amide bonds. The Morgan fingerprint density at radius 3 is 2.36 bits per heavy atom. The van der Waals surface area contributed by atoms with Gasteiger partial charge in [-0.15, -0.1) is 0 Å². The van der Waals surface area contributed by atoms with Gasteiger partial charge < -0.3 is 9.64 Å². The highest BCUT2D eigenvalue weighted by Crippen LogP contribution is 2.34. The molecule has 0 radical (unpaired) electrons. The van der Waals surface area contributed by atoms with E-state index in [-0.39, 0.29) is 36.8 Å². The van der Waals surface area contributed by atoms with Crippen molar-refractivity contribution in [3.05, 3.63) is 0 Å². The summed E-state index contributed by atoms with van der Waals surface area (Å²) < 4.78 is 29.4. The van der Waals surface area contributed by atoms with Crippen LogP contribution in [0.1, 0.15) is 32.6 Å². The minimum atomic E-state index is -3.35. The summed E-state index contributed by atoms with van der Waals surface area (Å²) in [5.74, 6) is -1.16. The molecule has 1 saturated heterocycles. The van der Waals surface area contributed by atoms with Gasteiger partial charge >= 0.3 is 5.97 Å². The lowest BCUT2D eigenvalue weighted by Gasteiger charge is -2.22. The largest absolute Gasteiger partial charge is 0.467 e. The van der Waals surface area contributed by atoms with Gasteiger partial charge in [0.2, 0.25) is 5.91 Å². The van der Waals surface area contributed by atoms with E-state index < -0.39 is 33.0 Å². The summed E-state index contributed by atoms with van der Waals surface area (Å²) in [4.78, 5) is 36.2. The SMILES string of the molecule is COC(=O)C1C[C@@H](S(=O)(=O)CC2CC2)CN1C(=O)CC(C)=O. The van der Waals surface area contributed by atoms with Crippen LogP contribution < -0.4 is 0 Å². The van der Waals surface area contributed by atoms with E-state index in [4.69, 9.17) is 0 Å². The van der Waals surface area contributed by atoms with Crippen molar-refractivity contribution in [1.29, 1.82) is 0 Å². The van der Waals surface area contributed by atoms with Crippen LogP contribution in [0.2, 0.25) is 0 Å². The Hall–Kier alpha value is -1.44. The quantitative estimate of drug-likeness (QED) is 0.499. The Morgan fingerprint density at radius 2 is 1.86 bits per heavy atom. The molecule has 22 heavy (non-hydrogen) atoms. The molecule has 2 aliphatic rings. The molecule has 0 aromatic rings. The number of ether oxygens (including phenoxy) is 1. The van der Waals surface area contributed by atoms with E-state index in [1.54, 1.807) is 0 Å². The number of carbonyl (C=O) groups excluding carboxylic acids is 3. The Balaban J connectivity index is 2.14. The lowest BCUT2D eigenvalue weighted by atomic mass is 10.2. The number of amides is 1. The van der Waals surface area contributed by atoms with Crippen molar-refractivity contribution in [2.75, 3.05) is 19.4 Å². The molecule has 0 spiro atoms. The van der Waals surface area contributed by atoms with Crippen molar-refractivity contribution in [1.82, 2.24) is 4.90 Å². The summed E-state index contributed by atoms with van der Waals surface area (Å²) in [5.41, 5.74) is 0. The van der Waals surface area contributed by atoms with Crippen molar-refractivity contribution in [3.8, 4) is 0 Å². The second-order valence-electron chi connectivity index (χ2n) is 6.09. The minimum Gasteiger partial charge on any atom is -0.467 e. The predicted molar refractivity (Wildman–Crippen MR) is 77.7 cm³/mol. The third-order valence-corrected chi connectivity index (χ3v) is 6.42. The predicted octanol–water partition coefficient (Wildman–Crippen LogP) is -0.0672. The van der Waals surface area contributed by atoms with Crippen molar-refractivity contribution in [3.63, 3.8) is 0 Å².